The van der Waals surface area contributed by atoms with Crippen LogP contribution < -0.4 is 0 Å². The fourth-order valence-electron chi connectivity index (χ4n) is 0. The molecule has 0 aliphatic heterocycles. The largest absolute Gasteiger partial charge is 2.00 e. The summed E-state index contributed by atoms with van der Waals surface area (Å²) in [6.45, 7) is 0. The van der Waals surface area contributed by atoms with E-state index >= 15 is 0 Å². The summed E-state index contributed by atoms with van der Waals surface area (Å²) in [7, 11) is 0. The third-order valence-electron chi connectivity index (χ3n) is 0. The van der Waals surface area contributed by atoms with Crippen LogP contribution in [-0.2, 0) is 0 Å². The summed E-state index contributed by atoms with van der Waals surface area (Å²) in [5, 5.41) is 0. The standard InChI is InChI=1S/C2H6S.2B.Mg/c1-3-2;;;/h1-2H3;;;/q;2*-1;+2. The van der Waals surface area contributed by atoms with E-state index in [0.717, 1.165) is 0 Å². The summed E-state index contributed by atoms with van der Waals surface area (Å²) in [4.78, 5) is 0. The molecule has 0 aromatic heterocycles. The van der Waals surface area contributed by atoms with Gasteiger partial charge >= 0.3 is 23.1 Å². The van der Waals surface area contributed by atoms with Crippen LogP contribution in [0, 0.1) is 0 Å². The van der Waals surface area contributed by atoms with E-state index in [1.165, 1.54) is 0 Å². The molecular weight excluding hydrogens is 102 g/mol. The van der Waals surface area contributed by atoms with Gasteiger partial charge < -0.3 is 16.8 Å². The van der Waals surface area contributed by atoms with Crippen LogP contribution in [0.1, 0.15) is 0 Å². The van der Waals surface area contributed by atoms with Gasteiger partial charge in [0.1, 0.15) is 0 Å². The second-order valence-corrected chi connectivity index (χ2v) is 1.22. The maximum atomic E-state index is 2.04. The van der Waals surface area contributed by atoms with Gasteiger partial charge in [0.25, 0.3) is 0 Å². The predicted molar refractivity (Wildman–Crippen MR) is 36.7 cm³/mol. The van der Waals surface area contributed by atoms with Crippen molar-refractivity contribution in [3.8, 4) is 0 Å². The molecule has 0 rings (SSSR count). The molecule has 28 valence electrons. The summed E-state index contributed by atoms with van der Waals surface area (Å²) >= 11 is 1.75. The zero-order valence-electron chi connectivity index (χ0n) is 4.27. The van der Waals surface area contributed by atoms with Crippen molar-refractivity contribution in [2.45, 2.75) is 0 Å². The topological polar surface area (TPSA) is 0 Å². The second kappa shape index (κ2) is 34.1. The van der Waals surface area contributed by atoms with Crippen molar-refractivity contribution >= 4 is 51.6 Å². The molecule has 0 saturated carbocycles. The van der Waals surface area contributed by atoms with Crippen molar-refractivity contribution in [3.63, 3.8) is 0 Å². The fourth-order valence-corrected chi connectivity index (χ4v) is 0. The molecule has 0 bridgehead atoms. The molecule has 0 aromatic carbocycles. The Morgan fingerprint density at radius 2 is 1.00 bits per heavy atom. The van der Waals surface area contributed by atoms with Gasteiger partial charge in [0.05, 0.1) is 0 Å². The van der Waals surface area contributed by atoms with Gasteiger partial charge in [-0.3, -0.25) is 0 Å². The van der Waals surface area contributed by atoms with Crippen molar-refractivity contribution in [2.24, 2.45) is 0 Å². The Bertz CT molecular complexity index is 11.5. The first kappa shape index (κ1) is 26.8. The van der Waals surface area contributed by atoms with E-state index in [-0.39, 0.29) is 39.9 Å². The molecule has 0 fully saturated rings. The summed E-state index contributed by atoms with van der Waals surface area (Å²) in [6.07, 6.45) is 4.08. The minimum absolute atomic E-state index is 0. The molecule has 0 nitrogen and oxygen atoms in total. The van der Waals surface area contributed by atoms with E-state index in [4.69, 9.17) is 0 Å². The van der Waals surface area contributed by atoms with Crippen molar-refractivity contribution < 1.29 is 0 Å². The fraction of sp³-hybridized carbons (Fsp3) is 1.00. The van der Waals surface area contributed by atoms with E-state index in [1.54, 1.807) is 11.8 Å². The molecule has 0 aliphatic rings. The van der Waals surface area contributed by atoms with Crippen molar-refractivity contribution in [1.29, 1.82) is 0 Å². The minimum atomic E-state index is 0. The van der Waals surface area contributed by atoms with Gasteiger partial charge in [0.15, 0.2) is 0 Å². The van der Waals surface area contributed by atoms with Crippen molar-refractivity contribution in [1.82, 2.24) is 0 Å². The Hall–Kier alpha value is 1.25. The van der Waals surface area contributed by atoms with Gasteiger partial charge in [-0.1, -0.05) is 0 Å². The van der Waals surface area contributed by atoms with Crippen LogP contribution in [0.4, 0.5) is 0 Å². The van der Waals surface area contributed by atoms with Crippen LogP contribution in [0.15, 0.2) is 0 Å². The molecule has 0 aliphatic carbocycles. The van der Waals surface area contributed by atoms with Crippen LogP contribution in [0.5, 0.6) is 0 Å². The van der Waals surface area contributed by atoms with Gasteiger partial charge in [-0.2, -0.15) is 11.8 Å². The van der Waals surface area contributed by atoms with Crippen molar-refractivity contribution in [3.05, 3.63) is 0 Å². The van der Waals surface area contributed by atoms with Crippen LogP contribution >= 0.6 is 11.8 Å². The van der Waals surface area contributed by atoms with E-state index < -0.39 is 0 Å². The summed E-state index contributed by atoms with van der Waals surface area (Å²) < 4.78 is 0. The smallest absolute Gasteiger partial charge is 1.00 e. The summed E-state index contributed by atoms with van der Waals surface area (Å²) in [5.74, 6) is 0. The molecule has 0 saturated heterocycles. The van der Waals surface area contributed by atoms with Crippen LogP contribution in [0.2, 0.25) is 0 Å². The van der Waals surface area contributed by atoms with Gasteiger partial charge in [0.2, 0.25) is 0 Å². The maximum Gasteiger partial charge on any atom is 2.00 e. The van der Waals surface area contributed by atoms with Gasteiger partial charge in [-0.15, -0.1) is 0 Å². The maximum absolute atomic E-state index is 2.04. The monoisotopic (exact) mass is 108 g/mol. The molecule has 0 aromatic rings. The first-order chi connectivity index (χ1) is 1.41. The zero-order chi connectivity index (χ0) is 2.71. The number of hydrogen-bond donors (Lipinski definition) is 0. The Kier molecular flexibility index (Phi) is 152. The third-order valence-corrected chi connectivity index (χ3v) is 0. The molecule has 4 heteroatoms. The molecular formula is C2H6B2MgS. The van der Waals surface area contributed by atoms with Crippen LogP contribution in [-0.4, -0.2) is 52.4 Å². The predicted octanol–water partition coefficient (Wildman–Crippen LogP) is -0.163. The minimum Gasteiger partial charge on any atom is -1.00 e. The Balaban J connectivity index is -0.00000000667. The van der Waals surface area contributed by atoms with Gasteiger partial charge in [-0.25, -0.2) is 0 Å². The first-order valence-electron chi connectivity index (χ1n) is 0.816. The van der Waals surface area contributed by atoms with E-state index in [1.807, 2.05) is 12.5 Å². The molecule has 8 radical (unpaired) electrons. The molecule has 0 spiro atoms. The molecule has 6 heavy (non-hydrogen) atoms. The Morgan fingerprint density at radius 3 is 1.00 bits per heavy atom. The molecule has 0 N–H and O–H groups in total. The molecule has 0 atom stereocenters. The van der Waals surface area contributed by atoms with Crippen LogP contribution in [0.3, 0.4) is 0 Å². The van der Waals surface area contributed by atoms with Crippen LogP contribution in [0.25, 0.3) is 0 Å². The molecule has 0 unspecified atom stereocenters. The number of hydrogen-bond acceptors (Lipinski definition) is 1. The third kappa shape index (κ3) is 60.9. The number of thioether (sulfide) groups is 1. The zero-order valence-corrected chi connectivity index (χ0v) is 6.50. The van der Waals surface area contributed by atoms with Crippen molar-refractivity contribution in [2.75, 3.05) is 12.5 Å². The summed E-state index contributed by atoms with van der Waals surface area (Å²) in [5.41, 5.74) is 0. The second-order valence-electron chi connectivity index (χ2n) is 0.408. The normalized spacial score (nSPS) is 3.00. The van der Waals surface area contributed by atoms with E-state index in [9.17, 15) is 0 Å². The quantitative estimate of drug-likeness (QED) is 0.388. The Labute approximate surface area is 64.1 Å². The molecule has 0 amide bonds. The van der Waals surface area contributed by atoms with Gasteiger partial charge in [0, 0.05) is 0 Å². The Morgan fingerprint density at radius 1 is 1.00 bits per heavy atom. The SMILES string of the molecule is CSC.[B-].[B-].[Mg+2]. The van der Waals surface area contributed by atoms with Gasteiger partial charge in [-0.05, 0) is 12.5 Å². The average Bonchev–Trinajstić information content (AvgIpc) is 0.918. The van der Waals surface area contributed by atoms with E-state index in [2.05, 4.69) is 0 Å². The van der Waals surface area contributed by atoms with E-state index in [0.29, 0.717) is 0 Å². The first-order valence-corrected chi connectivity index (χ1v) is 2.45. The molecule has 0 heterocycles. The number of rotatable bonds is 0. The summed E-state index contributed by atoms with van der Waals surface area (Å²) in [6, 6.07) is 0. The average molecular weight is 108 g/mol.